The number of rotatable bonds is 7. The maximum Gasteiger partial charge on any atom is 0.317 e. The second kappa shape index (κ2) is 7.50. The Kier molecular flexibility index (Phi) is 6.30. The van der Waals surface area contributed by atoms with Crippen LogP contribution < -0.4 is 5.32 Å². The average Bonchev–Trinajstić information content (AvgIpc) is 2.72. The van der Waals surface area contributed by atoms with Gasteiger partial charge < -0.3 is 15.3 Å². The van der Waals surface area contributed by atoms with Gasteiger partial charge in [0, 0.05) is 25.0 Å². The molecule has 2 N–H and O–H groups in total. The van der Waals surface area contributed by atoms with Crippen LogP contribution in [0, 0.1) is 5.92 Å². The van der Waals surface area contributed by atoms with E-state index in [0.717, 1.165) is 32.2 Å². The Labute approximate surface area is 121 Å². The predicted octanol–water partition coefficient (Wildman–Crippen LogP) is 2.85. The maximum absolute atomic E-state index is 12.1. The molecule has 0 radical (unpaired) electrons. The summed E-state index contributed by atoms with van der Waals surface area (Å²) in [5.74, 6) is -0.371. The molecule has 1 aliphatic rings. The number of amides is 2. The van der Waals surface area contributed by atoms with Gasteiger partial charge in [0.2, 0.25) is 0 Å². The van der Waals surface area contributed by atoms with Gasteiger partial charge in [-0.25, -0.2) is 4.79 Å². The van der Waals surface area contributed by atoms with E-state index in [4.69, 9.17) is 5.11 Å². The van der Waals surface area contributed by atoms with Gasteiger partial charge in [-0.2, -0.15) is 0 Å². The Hall–Kier alpha value is -1.26. The molecule has 1 atom stereocenters. The molecule has 1 fully saturated rings. The lowest BCUT2D eigenvalue weighted by Gasteiger charge is -2.31. The number of urea groups is 1. The fraction of sp³-hybridized carbons (Fsp3) is 0.867. The number of hydrogen-bond donors (Lipinski definition) is 2. The average molecular weight is 284 g/mol. The molecular formula is C15H28N2O3. The van der Waals surface area contributed by atoms with Crippen molar-refractivity contribution in [2.75, 3.05) is 13.1 Å². The summed E-state index contributed by atoms with van der Waals surface area (Å²) in [6, 6.07) is 0.0144. The largest absolute Gasteiger partial charge is 0.481 e. The standard InChI is InChI=1S/C15H28N2O3/c1-4-12(6-7-13(18)19)8-10-16-14(20)17-11-5-9-15(17,2)3/h12H,4-11H2,1-3H3,(H,16,20)(H,18,19). The molecule has 0 aliphatic carbocycles. The van der Waals surface area contributed by atoms with E-state index in [9.17, 15) is 9.59 Å². The number of nitrogens with one attached hydrogen (secondary N) is 1. The third kappa shape index (κ3) is 5.02. The minimum atomic E-state index is -0.744. The van der Waals surface area contributed by atoms with E-state index in [1.807, 2.05) is 4.90 Å². The van der Waals surface area contributed by atoms with E-state index in [2.05, 4.69) is 26.1 Å². The first kappa shape index (κ1) is 16.8. The smallest absolute Gasteiger partial charge is 0.317 e. The molecule has 0 spiro atoms. The van der Waals surface area contributed by atoms with Crippen molar-refractivity contribution in [2.24, 2.45) is 5.92 Å². The Bertz CT molecular complexity index is 342. The van der Waals surface area contributed by atoms with Crippen LogP contribution in [0.25, 0.3) is 0 Å². The van der Waals surface area contributed by atoms with E-state index in [-0.39, 0.29) is 18.0 Å². The van der Waals surface area contributed by atoms with Crippen LogP contribution in [0.15, 0.2) is 0 Å². The van der Waals surface area contributed by atoms with Crippen molar-refractivity contribution in [3.63, 3.8) is 0 Å². The summed E-state index contributed by atoms with van der Waals surface area (Å²) in [5, 5.41) is 11.7. The minimum absolute atomic E-state index is 0.0144. The second-order valence-corrected chi connectivity index (χ2v) is 6.29. The molecule has 5 nitrogen and oxygen atoms in total. The predicted molar refractivity (Wildman–Crippen MR) is 78.7 cm³/mol. The van der Waals surface area contributed by atoms with E-state index in [1.54, 1.807) is 0 Å². The van der Waals surface area contributed by atoms with Gasteiger partial charge in [0.15, 0.2) is 0 Å². The summed E-state index contributed by atoms with van der Waals surface area (Å²) in [6.45, 7) is 7.72. The molecule has 5 heteroatoms. The van der Waals surface area contributed by atoms with Crippen LogP contribution in [0.4, 0.5) is 4.79 Å². The SMILES string of the molecule is CCC(CCNC(=O)N1CCCC1(C)C)CCC(=O)O. The Morgan fingerprint density at radius 1 is 1.35 bits per heavy atom. The van der Waals surface area contributed by atoms with Crippen LogP contribution in [-0.4, -0.2) is 40.6 Å². The lowest BCUT2D eigenvalue weighted by Crippen LogP contribution is -2.48. The van der Waals surface area contributed by atoms with Crippen LogP contribution in [0.1, 0.15) is 59.3 Å². The quantitative estimate of drug-likeness (QED) is 0.755. The van der Waals surface area contributed by atoms with Gasteiger partial charge in [0.1, 0.15) is 0 Å². The second-order valence-electron chi connectivity index (χ2n) is 6.29. The highest BCUT2D eigenvalue weighted by Crippen LogP contribution is 2.27. The normalized spacial score (nSPS) is 18.9. The zero-order valence-corrected chi connectivity index (χ0v) is 12.9. The molecule has 1 unspecified atom stereocenters. The summed E-state index contributed by atoms with van der Waals surface area (Å²) >= 11 is 0. The molecule has 0 aromatic carbocycles. The number of carboxylic acids is 1. The Morgan fingerprint density at radius 3 is 2.55 bits per heavy atom. The van der Waals surface area contributed by atoms with Gasteiger partial charge in [-0.1, -0.05) is 13.3 Å². The highest BCUT2D eigenvalue weighted by Gasteiger charge is 2.35. The maximum atomic E-state index is 12.1. The first-order chi connectivity index (χ1) is 9.36. The molecule has 0 saturated carbocycles. The lowest BCUT2D eigenvalue weighted by atomic mass is 9.97. The molecule has 0 aromatic heterocycles. The summed E-state index contributed by atoms with van der Waals surface area (Å²) in [7, 11) is 0. The Morgan fingerprint density at radius 2 is 2.05 bits per heavy atom. The van der Waals surface area contributed by atoms with Crippen molar-refractivity contribution in [2.45, 2.75) is 64.8 Å². The first-order valence-corrected chi connectivity index (χ1v) is 7.64. The summed E-state index contributed by atoms with van der Waals surface area (Å²) in [4.78, 5) is 24.6. The van der Waals surface area contributed by atoms with E-state index < -0.39 is 5.97 Å². The Balaban J connectivity index is 2.28. The molecular weight excluding hydrogens is 256 g/mol. The van der Waals surface area contributed by atoms with Crippen molar-refractivity contribution in [3.05, 3.63) is 0 Å². The molecule has 20 heavy (non-hydrogen) atoms. The minimum Gasteiger partial charge on any atom is -0.481 e. The molecule has 1 heterocycles. The molecule has 0 bridgehead atoms. The number of carboxylic acid groups (broad SMARTS) is 1. The number of aliphatic carboxylic acids is 1. The zero-order valence-electron chi connectivity index (χ0n) is 12.9. The van der Waals surface area contributed by atoms with Crippen molar-refractivity contribution in [1.82, 2.24) is 10.2 Å². The monoisotopic (exact) mass is 284 g/mol. The van der Waals surface area contributed by atoms with Gasteiger partial charge in [-0.05, 0) is 45.4 Å². The van der Waals surface area contributed by atoms with E-state index >= 15 is 0 Å². The molecule has 0 aromatic rings. The van der Waals surface area contributed by atoms with Crippen molar-refractivity contribution >= 4 is 12.0 Å². The fourth-order valence-electron chi connectivity index (χ4n) is 2.84. The highest BCUT2D eigenvalue weighted by atomic mass is 16.4. The fourth-order valence-corrected chi connectivity index (χ4v) is 2.84. The van der Waals surface area contributed by atoms with Gasteiger partial charge in [-0.15, -0.1) is 0 Å². The van der Waals surface area contributed by atoms with Crippen molar-refractivity contribution < 1.29 is 14.7 Å². The van der Waals surface area contributed by atoms with Crippen LogP contribution >= 0.6 is 0 Å². The summed E-state index contributed by atoms with van der Waals surface area (Å²) in [6.07, 6.45) is 4.83. The van der Waals surface area contributed by atoms with Crippen LogP contribution in [0.2, 0.25) is 0 Å². The third-order valence-electron chi connectivity index (χ3n) is 4.32. The first-order valence-electron chi connectivity index (χ1n) is 7.64. The van der Waals surface area contributed by atoms with Crippen molar-refractivity contribution in [1.29, 1.82) is 0 Å². The van der Waals surface area contributed by atoms with Gasteiger partial charge in [0.25, 0.3) is 0 Å². The molecule has 116 valence electrons. The zero-order chi connectivity index (χ0) is 15.2. The van der Waals surface area contributed by atoms with Crippen LogP contribution in [0.5, 0.6) is 0 Å². The number of carbonyl (C=O) groups is 2. The summed E-state index contributed by atoms with van der Waals surface area (Å²) < 4.78 is 0. The number of likely N-dealkylation sites (tertiary alicyclic amines) is 1. The molecule has 1 saturated heterocycles. The van der Waals surface area contributed by atoms with Crippen LogP contribution in [-0.2, 0) is 4.79 Å². The lowest BCUT2D eigenvalue weighted by molar-refractivity contribution is -0.137. The summed E-state index contributed by atoms with van der Waals surface area (Å²) in [5.41, 5.74) is -0.0441. The number of hydrogen-bond acceptors (Lipinski definition) is 2. The molecule has 1 aliphatic heterocycles. The van der Waals surface area contributed by atoms with Gasteiger partial charge in [0.05, 0.1) is 0 Å². The van der Waals surface area contributed by atoms with Gasteiger partial charge in [-0.3, -0.25) is 4.79 Å². The van der Waals surface area contributed by atoms with Gasteiger partial charge >= 0.3 is 12.0 Å². The van der Waals surface area contributed by atoms with Crippen molar-refractivity contribution in [3.8, 4) is 0 Å². The number of carbonyl (C=O) groups excluding carboxylic acids is 1. The highest BCUT2D eigenvalue weighted by molar-refractivity contribution is 5.75. The van der Waals surface area contributed by atoms with E-state index in [1.165, 1.54) is 0 Å². The molecule has 2 amide bonds. The third-order valence-corrected chi connectivity index (χ3v) is 4.32. The number of nitrogens with zero attached hydrogens (tertiary/aromatic N) is 1. The molecule has 1 rings (SSSR count). The topological polar surface area (TPSA) is 69.6 Å². The van der Waals surface area contributed by atoms with Crippen LogP contribution in [0.3, 0.4) is 0 Å². The van der Waals surface area contributed by atoms with E-state index in [0.29, 0.717) is 18.9 Å².